The van der Waals surface area contributed by atoms with Gasteiger partial charge in [0.15, 0.2) is 21.7 Å². The van der Waals surface area contributed by atoms with Crippen molar-refractivity contribution in [3.63, 3.8) is 0 Å². The average Bonchev–Trinajstić information content (AvgIpc) is 2.78. The number of hydrogen-bond donors (Lipinski definition) is 1. The number of ether oxygens (including phenoxy) is 1. The predicted molar refractivity (Wildman–Crippen MR) is 75.8 cm³/mol. The highest BCUT2D eigenvalue weighted by atomic mass is 79.9. The Balaban J connectivity index is 1.90. The van der Waals surface area contributed by atoms with E-state index in [9.17, 15) is 4.91 Å². The van der Waals surface area contributed by atoms with Crippen LogP contribution in [0.5, 0.6) is 0 Å². The highest BCUT2D eigenvalue weighted by Crippen LogP contribution is 2.32. The molecule has 1 aliphatic heterocycles. The van der Waals surface area contributed by atoms with Crippen LogP contribution in [0.25, 0.3) is 11.2 Å². The van der Waals surface area contributed by atoms with Gasteiger partial charge in [-0.25, -0.2) is 15.0 Å². The van der Waals surface area contributed by atoms with Crippen LogP contribution in [-0.4, -0.2) is 32.7 Å². The quantitative estimate of drug-likeness (QED) is 0.674. The lowest BCUT2D eigenvalue weighted by Gasteiger charge is -2.28. The molecule has 2 N–H and O–H groups in total. The molecule has 8 nitrogen and oxygen atoms in total. The maximum Gasteiger partial charge on any atom is 0.181 e. The van der Waals surface area contributed by atoms with E-state index in [1.165, 1.54) is 6.33 Å². The summed E-state index contributed by atoms with van der Waals surface area (Å²) in [5.41, 5.74) is 6.99. The molecule has 1 fully saturated rings. The largest absolute Gasteiger partial charge is 0.382 e. The molecule has 0 spiro atoms. The summed E-state index contributed by atoms with van der Waals surface area (Å²) in [5, 5.41) is 2.93. The molecule has 3 heterocycles. The fraction of sp³-hybridized carbons (Fsp3) is 0.545. The topological polar surface area (TPSA) is 108 Å². The second-order valence-electron chi connectivity index (χ2n) is 4.72. The molecule has 3 rings (SSSR count). The lowest BCUT2D eigenvalue weighted by atomic mass is 10.0. The summed E-state index contributed by atoms with van der Waals surface area (Å²) in [6.45, 7) is 0.802. The van der Waals surface area contributed by atoms with Gasteiger partial charge in [-0.05, 0) is 28.8 Å². The second-order valence-corrected chi connectivity index (χ2v) is 5.43. The number of aromatic nitrogens is 4. The van der Waals surface area contributed by atoms with Crippen molar-refractivity contribution in [2.75, 3.05) is 18.9 Å². The number of imidazole rings is 1. The minimum atomic E-state index is -0.174. The lowest BCUT2D eigenvalue weighted by Crippen LogP contribution is -2.26. The summed E-state index contributed by atoms with van der Waals surface area (Å²) >= 11 is 3.41. The first kappa shape index (κ1) is 13.4. The summed E-state index contributed by atoms with van der Waals surface area (Å²) in [4.78, 5) is 22.8. The SMILES string of the molecule is Nc1ncnc2c1nc(Br)n2C1CCC(CN=O)CO1. The van der Waals surface area contributed by atoms with Gasteiger partial charge in [0, 0.05) is 5.92 Å². The van der Waals surface area contributed by atoms with Crippen molar-refractivity contribution in [3.8, 4) is 0 Å². The van der Waals surface area contributed by atoms with E-state index >= 15 is 0 Å². The normalized spacial score (nSPS) is 23.1. The minimum absolute atomic E-state index is 0.174. The third-order valence-corrected chi connectivity index (χ3v) is 3.99. The molecular weight excluding hydrogens is 328 g/mol. The van der Waals surface area contributed by atoms with E-state index in [1.54, 1.807) is 0 Å². The fourth-order valence-electron chi connectivity index (χ4n) is 2.40. The molecule has 0 radical (unpaired) electrons. The third kappa shape index (κ3) is 2.27. The van der Waals surface area contributed by atoms with Crippen molar-refractivity contribution in [1.82, 2.24) is 19.5 Å². The molecule has 2 unspecified atom stereocenters. The lowest BCUT2D eigenvalue weighted by molar-refractivity contribution is -0.0557. The highest BCUT2D eigenvalue weighted by molar-refractivity contribution is 9.10. The zero-order chi connectivity index (χ0) is 14.1. The Morgan fingerprint density at radius 1 is 1.50 bits per heavy atom. The van der Waals surface area contributed by atoms with Gasteiger partial charge in [0.25, 0.3) is 0 Å². The molecule has 0 saturated carbocycles. The summed E-state index contributed by atoms with van der Waals surface area (Å²) in [6, 6.07) is 0. The van der Waals surface area contributed by atoms with Gasteiger partial charge in [0.2, 0.25) is 0 Å². The molecule has 20 heavy (non-hydrogen) atoms. The Morgan fingerprint density at radius 2 is 2.35 bits per heavy atom. The molecule has 0 bridgehead atoms. The average molecular weight is 341 g/mol. The van der Waals surface area contributed by atoms with Gasteiger partial charge < -0.3 is 10.5 Å². The standard InChI is InChI=1S/C11H13BrN6O2/c12-11-17-8-9(13)14-5-15-10(8)18(11)7-2-1-6(3-16-19)4-20-7/h5-7H,1-4H2,(H2,13,14,15). The number of rotatable bonds is 3. The first-order chi connectivity index (χ1) is 9.70. The number of fused-ring (bicyclic) bond motifs is 1. The smallest absolute Gasteiger partial charge is 0.181 e. The molecule has 2 aromatic heterocycles. The maximum atomic E-state index is 10.3. The van der Waals surface area contributed by atoms with Crippen LogP contribution in [0.15, 0.2) is 16.2 Å². The number of nitroso groups, excluding NO2 is 1. The van der Waals surface area contributed by atoms with Gasteiger partial charge in [-0.1, -0.05) is 5.18 Å². The number of nitrogens with two attached hydrogens (primary N) is 1. The zero-order valence-corrected chi connectivity index (χ0v) is 12.2. The number of halogens is 1. The number of nitrogens with zero attached hydrogens (tertiary/aromatic N) is 5. The van der Waals surface area contributed by atoms with Gasteiger partial charge >= 0.3 is 0 Å². The Morgan fingerprint density at radius 3 is 3.05 bits per heavy atom. The van der Waals surface area contributed by atoms with Crippen molar-refractivity contribution in [2.24, 2.45) is 11.1 Å². The van der Waals surface area contributed by atoms with E-state index in [2.05, 4.69) is 36.1 Å². The zero-order valence-electron chi connectivity index (χ0n) is 10.6. The third-order valence-electron chi connectivity index (χ3n) is 3.43. The van der Waals surface area contributed by atoms with Gasteiger partial charge in [-0.15, -0.1) is 0 Å². The second kappa shape index (κ2) is 5.41. The van der Waals surface area contributed by atoms with Crippen molar-refractivity contribution < 1.29 is 4.74 Å². The van der Waals surface area contributed by atoms with Crippen LogP contribution >= 0.6 is 15.9 Å². The molecule has 1 saturated heterocycles. The molecule has 2 atom stereocenters. The maximum absolute atomic E-state index is 10.3. The molecule has 0 aromatic carbocycles. The van der Waals surface area contributed by atoms with Crippen LogP contribution in [0.2, 0.25) is 0 Å². The van der Waals surface area contributed by atoms with Gasteiger partial charge in [-0.3, -0.25) is 4.57 Å². The van der Waals surface area contributed by atoms with Crippen LogP contribution in [0, 0.1) is 10.8 Å². The van der Waals surface area contributed by atoms with Crippen LogP contribution in [0.3, 0.4) is 0 Å². The summed E-state index contributed by atoms with van der Waals surface area (Å²) < 4.78 is 8.28. The van der Waals surface area contributed by atoms with E-state index < -0.39 is 0 Å². The fourth-order valence-corrected chi connectivity index (χ4v) is 2.97. The molecule has 0 aliphatic carbocycles. The van der Waals surface area contributed by atoms with Crippen molar-refractivity contribution in [1.29, 1.82) is 0 Å². The van der Waals surface area contributed by atoms with Crippen LogP contribution in [-0.2, 0) is 4.74 Å². The number of hydrogen-bond acceptors (Lipinski definition) is 7. The predicted octanol–water partition coefficient (Wildman–Crippen LogP) is 1.86. The summed E-state index contributed by atoms with van der Waals surface area (Å²) in [5.74, 6) is 0.533. The molecule has 1 aliphatic rings. The molecule has 106 valence electrons. The van der Waals surface area contributed by atoms with Crippen molar-refractivity contribution in [2.45, 2.75) is 19.1 Å². The summed E-state index contributed by atoms with van der Waals surface area (Å²) in [6.07, 6.45) is 2.88. The van der Waals surface area contributed by atoms with E-state index in [0.717, 1.165) is 12.8 Å². The molecule has 0 amide bonds. The first-order valence-corrected chi connectivity index (χ1v) is 7.04. The van der Waals surface area contributed by atoms with E-state index in [4.69, 9.17) is 10.5 Å². The monoisotopic (exact) mass is 340 g/mol. The minimum Gasteiger partial charge on any atom is -0.382 e. The van der Waals surface area contributed by atoms with Crippen molar-refractivity contribution in [3.05, 3.63) is 16.0 Å². The van der Waals surface area contributed by atoms with Crippen LogP contribution in [0.1, 0.15) is 19.1 Å². The number of nitrogen functional groups attached to an aromatic ring is 1. The van der Waals surface area contributed by atoms with Gasteiger partial charge in [0.1, 0.15) is 12.6 Å². The first-order valence-electron chi connectivity index (χ1n) is 6.25. The number of anilines is 1. The summed E-state index contributed by atoms with van der Waals surface area (Å²) in [7, 11) is 0. The van der Waals surface area contributed by atoms with E-state index in [0.29, 0.717) is 34.9 Å². The van der Waals surface area contributed by atoms with Crippen LogP contribution in [0.4, 0.5) is 5.82 Å². The highest BCUT2D eigenvalue weighted by Gasteiger charge is 2.27. The Bertz CT molecular complexity index is 637. The molecular formula is C11H13BrN6O2. The Labute approximate surface area is 122 Å². The van der Waals surface area contributed by atoms with Gasteiger partial charge in [0.05, 0.1) is 13.2 Å². The Kier molecular flexibility index (Phi) is 3.62. The molecule has 2 aromatic rings. The van der Waals surface area contributed by atoms with Crippen molar-refractivity contribution >= 4 is 32.9 Å². The van der Waals surface area contributed by atoms with Gasteiger partial charge in [-0.2, -0.15) is 4.91 Å². The Hall–Kier alpha value is -1.61. The molecule has 9 heteroatoms. The van der Waals surface area contributed by atoms with E-state index in [1.807, 2.05) is 4.57 Å². The van der Waals surface area contributed by atoms with E-state index in [-0.39, 0.29) is 12.1 Å². The van der Waals surface area contributed by atoms with Crippen LogP contribution < -0.4 is 5.73 Å².